The van der Waals surface area contributed by atoms with E-state index in [1.807, 2.05) is 34.0 Å². The Morgan fingerprint density at radius 2 is 1.96 bits per heavy atom. The molecule has 6 heteroatoms. The molecular weight excluding hydrogens is 292 g/mol. The summed E-state index contributed by atoms with van der Waals surface area (Å²) in [4.78, 5) is 16.5. The zero-order valence-corrected chi connectivity index (χ0v) is 13.4. The summed E-state index contributed by atoms with van der Waals surface area (Å²) in [6, 6.07) is 7.32. The van der Waals surface area contributed by atoms with E-state index in [2.05, 4.69) is 16.9 Å². The Hall–Kier alpha value is -2.50. The number of aromatic nitrogens is 2. The summed E-state index contributed by atoms with van der Waals surface area (Å²) in [6.45, 7) is 5.63. The Balaban J connectivity index is 1.62. The Labute approximate surface area is 135 Å². The summed E-state index contributed by atoms with van der Waals surface area (Å²) >= 11 is 0. The molecule has 0 radical (unpaired) electrons. The van der Waals surface area contributed by atoms with Crippen LogP contribution in [0.25, 0.3) is 0 Å². The molecule has 1 N–H and O–H groups in total. The van der Waals surface area contributed by atoms with Gasteiger partial charge in [-0.3, -0.25) is 9.48 Å². The second-order valence-corrected chi connectivity index (χ2v) is 5.76. The molecule has 1 aromatic carbocycles. The number of aryl methyl sites for hydroxylation is 1. The number of phenolic OH excluding ortho intramolecular Hbond substituents is 1. The molecule has 0 spiro atoms. The summed E-state index contributed by atoms with van der Waals surface area (Å²) in [5.74, 6) is 0.317. The average Bonchev–Trinajstić information content (AvgIpc) is 3.04. The summed E-state index contributed by atoms with van der Waals surface area (Å²) in [6.07, 6.45) is 4.46. The number of carbonyl (C=O) groups excluding carboxylic acids is 1. The Morgan fingerprint density at radius 3 is 2.65 bits per heavy atom. The molecule has 6 nitrogen and oxygen atoms in total. The highest BCUT2D eigenvalue weighted by molar-refractivity contribution is 5.93. The fourth-order valence-electron chi connectivity index (χ4n) is 2.89. The molecule has 1 aliphatic heterocycles. The number of carbonyl (C=O) groups is 1. The Morgan fingerprint density at radius 1 is 1.22 bits per heavy atom. The minimum atomic E-state index is 0.0317. The van der Waals surface area contributed by atoms with Crippen LogP contribution in [0.15, 0.2) is 36.7 Å². The third-order valence-electron chi connectivity index (χ3n) is 4.12. The molecule has 0 atom stereocenters. The minimum Gasteiger partial charge on any atom is -0.506 e. The normalized spacial score (nSPS) is 15.0. The zero-order chi connectivity index (χ0) is 16.2. The van der Waals surface area contributed by atoms with Crippen LogP contribution >= 0.6 is 0 Å². The van der Waals surface area contributed by atoms with Crippen molar-refractivity contribution in [3.05, 3.63) is 42.2 Å². The van der Waals surface area contributed by atoms with Crippen LogP contribution in [0.3, 0.4) is 0 Å². The standard InChI is InChI=1S/C17H22N4O2/c1-2-7-21-13-14(12-18-21)17(23)20-10-8-19(9-11-20)15-5-3-4-6-16(15)22/h3-6,12-13,22H,2,7-11H2,1H3. The lowest BCUT2D eigenvalue weighted by Gasteiger charge is -2.36. The first-order valence-electron chi connectivity index (χ1n) is 8.03. The van der Waals surface area contributed by atoms with E-state index in [9.17, 15) is 9.90 Å². The van der Waals surface area contributed by atoms with Crippen LogP contribution in [0.1, 0.15) is 23.7 Å². The van der Waals surface area contributed by atoms with E-state index in [1.54, 1.807) is 12.3 Å². The molecule has 0 unspecified atom stereocenters. The van der Waals surface area contributed by atoms with Crippen molar-refractivity contribution in [3.63, 3.8) is 0 Å². The largest absolute Gasteiger partial charge is 0.506 e. The van der Waals surface area contributed by atoms with Gasteiger partial charge in [-0.05, 0) is 18.6 Å². The monoisotopic (exact) mass is 314 g/mol. The lowest BCUT2D eigenvalue weighted by molar-refractivity contribution is 0.0746. The van der Waals surface area contributed by atoms with Gasteiger partial charge in [-0.15, -0.1) is 0 Å². The van der Waals surface area contributed by atoms with Crippen molar-refractivity contribution in [3.8, 4) is 5.75 Å². The predicted octanol–water partition coefficient (Wildman–Crippen LogP) is 1.96. The predicted molar refractivity (Wildman–Crippen MR) is 88.7 cm³/mol. The lowest BCUT2D eigenvalue weighted by Crippen LogP contribution is -2.48. The van der Waals surface area contributed by atoms with Crippen LogP contribution in [0.2, 0.25) is 0 Å². The van der Waals surface area contributed by atoms with Crippen molar-refractivity contribution in [1.29, 1.82) is 0 Å². The summed E-state index contributed by atoms with van der Waals surface area (Å²) in [5.41, 5.74) is 1.48. The maximum absolute atomic E-state index is 12.5. The maximum atomic E-state index is 12.5. The van der Waals surface area contributed by atoms with Gasteiger partial charge < -0.3 is 14.9 Å². The minimum absolute atomic E-state index is 0.0317. The highest BCUT2D eigenvalue weighted by Crippen LogP contribution is 2.27. The summed E-state index contributed by atoms with van der Waals surface area (Å²) in [5, 5.41) is 14.2. The van der Waals surface area contributed by atoms with Crippen molar-refractivity contribution in [1.82, 2.24) is 14.7 Å². The van der Waals surface area contributed by atoms with Gasteiger partial charge in [0.15, 0.2) is 0 Å². The highest BCUT2D eigenvalue weighted by atomic mass is 16.3. The van der Waals surface area contributed by atoms with Crippen molar-refractivity contribution in [2.24, 2.45) is 0 Å². The van der Waals surface area contributed by atoms with Gasteiger partial charge in [0.2, 0.25) is 0 Å². The number of benzene rings is 1. The SMILES string of the molecule is CCCn1cc(C(=O)N2CCN(c3ccccc3O)CC2)cn1. The fourth-order valence-corrected chi connectivity index (χ4v) is 2.89. The van der Waals surface area contributed by atoms with E-state index < -0.39 is 0 Å². The smallest absolute Gasteiger partial charge is 0.257 e. The molecule has 1 amide bonds. The fraction of sp³-hybridized carbons (Fsp3) is 0.412. The first-order chi connectivity index (χ1) is 11.2. The average molecular weight is 314 g/mol. The molecular formula is C17H22N4O2. The summed E-state index contributed by atoms with van der Waals surface area (Å²) in [7, 11) is 0. The molecule has 0 saturated carbocycles. The van der Waals surface area contributed by atoms with Gasteiger partial charge in [-0.25, -0.2) is 0 Å². The third-order valence-corrected chi connectivity index (χ3v) is 4.12. The molecule has 122 valence electrons. The lowest BCUT2D eigenvalue weighted by atomic mass is 10.2. The number of amides is 1. The zero-order valence-electron chi connectivity index (χ0n) is 13.4. The number of para-hydroxylation sites is 2. The number of hydrogen-bond donors (Lipinski definition) is 1. The van der Waals surface area contributed by atoms with Crippen molar-refractivity contribution >= 4 is 11.6 Å². The van der Waals surface area contributed by atoms with Crippen LogP contribution in [0.5, 0.6) is 5.75 Å². The molecule has 23 heavy (non-hydrogen) atoms. The molecule has 0 aliphatic carbocycles. The number of phenols is 1. The van der Waals surface area contributed by atoms with Crippen molar-refractivity contribution < 1.29 is 9.90 Å². The topological polar surface area (TPSA) is 61.6 Å². The second kappa shape index (κ2) is 6.73. The van der Waals surface area contributed by atoms with Gasteiger partial charge in [0.25, 0.3) is 5.91 Å². The van der Waals surface area contributed by atoms with Crippen LogP contribution in [0, 0.1) is 0 Å². The number of rotatable bonds is 4. The first kappa shape index (κ1) is 15.4. The molecule has 2 aromatic rings. The second-order valence-electron chi connectivity index (χ2n) is 5.76. The van der Waals surface area contributed by atoms with Gasteiger partial charge >= 0.3 is 0 Å². The quantitative estimate of drug-likeness (QED) is 0.937. The Bertz CT molecular complexity index is 675. The third kappa shape index (κ3) is 3.31. The van der Waals surface area contributed by atoms with Gasteiger partial charge in [0.05, 0.1) is 17.4 Å². The Kier molecular flexibility index (Phi) is 4.50. The highest BCUT2D eigenvalue weighted by Gasteiger charge is 2.24. The summed E-state index contributed by atoms with van der Waals surface area (Å²) < 4.78 is 1.81. The number of aromatic hydroxyl groups is 1. The van der Waals surface area contributed by atoms with E-state index in [0.717, 1.165) is 18.7 Å². The number of anilines is 1. The van der Waals surface area contributed by atoms with Crippen LogP contribution in [0.4, 0.5) is 5.69 Å². The number of hydrogen-bond acceptors (Lipinski definition) is 4. The maximum Gasteiger partial charge on any atom is 0.257 e. The molecule has 1 aromatic heterocycles. The van der Waals surface area contributed by atoms with Gasteiger partial charge in [0.1, 0.15) is 5.75 Å². The van der Waals surface area contributed by atoms with E-state index in [1.165, 1.54) is 0 Å². The van der Waals surface area contributed by atoms with Crippen LogP contribution in [-0.4, -0.2) is 51.9 Å². The molecule has 3 rings (SSSR count). The van der Waals surface area contributed by atoms with Crippen LogP contribution < -0.4 is 4.90 Å². The van der Waals surface area contributed by atoms with E-state index in [0.29, 0.717) is 31.7 Å². The molecule has 1 fully saturated rings. The number of piperazine rings is 1. The van der Waals surface area contributed by atoms with Crippen molar-refractivity contribution in [2.45, 2.75) is 19.9 Å². The first-order valence-corrected chi connectivity index (χ1v) is 8.03. The molecule has 0 bridgehead atoms. The van der Waals surface area contributed by atoms with E-state index >= 15 is 0 Å². The van der Waals surface area contributed by atoms with Crippen LogP contribution in [-0.2, 0) is 6.54 Å². The van der Waals surface area contributed by atoms with E-state index in [4.69, 9.17) is 0 Å². The molecule has 1 aliphatic rings. The van der Waals surface area contributed by atoms with Crippen molar-refractivity contribution in [2.75, 3.05) is 31.1 Å². The van der Waals surface area contributed by atoms with Gasteiger partial charge in [-0.2, -0.15) is 5.10 Å². The molecule has 1 saturated heterocycles. The van der Waals surface area contributed by atoms with E-state index in [-0.39, 0.29) is 11.7 Å². The molecule has 2 heterocycles. The number of nitrogens with zero attached hydrogens (tertiary/aromatic N) is 4. The van der Waals surface area contributed by atoms with Gasteiger partial charge in [-0.1, -0.05) is 19.1 Å². The van der Waals surface area contributed by atoms with Gasteiger partial charge in [0, 0.05) is 38.9 Å².